The maximum Gasteiger partial charge on any atom is 0.164 e. The number of rotatable bonds is 8. The molecule has 0 fully saturated rings. The lowest BCUT2D eigenvalue weighted by Crippen LogP contribution is -2.27. The molecule has 3 heterocycles. The van der Waals surface area contributed by atoms with Crippen LogP contribution in [0.4, 0.5) is 0 Å². The first-order chi connectivity index (χ1) is 33.7. The molecule has 0 aliphatic heterocycles. The Bertz CT molecular complexity index is 3630. The number of nitrogens with zero attached hydrogens (tertiary/aromatic N) is 6. The molecule has 2 atom stereocenters. The molecule has 2 bridgehead atoms. The third kappa shape index (κ3) is 6.98. The number of hydrogen-bond acceptors (Lipinski definition) is 6. The highest BCUT2D eigenvalue weighted by molar-refractivity contribution is 5.80. The van der Waals surface area contributed by atoms with Crippen LogP contribution < -0.4 is 0 Å². The van der Waals surface area contributed by atoms with Crippen molar-refractivity contribution in [2.45, 2.75) is 11.8 Å². The van der Waals surface area contributed by atoms with Crippen molar-refractivity contribution < 1.29 is 0 Å². The Kier molecular flexibility index (Phi) is 9.53. The van der Waals surface area contributed by atoms with Crippen molar-refractivity contribution in [3.8, 4) is 90.3 Å². The molecule has 11 aromatic rings. The Labute approximate surface area is 394 Å². The molecule has 3 aromatic heterocycles. The van der Waals surface area contributed by atoms with Crippen LogP contribution in [0.3, 0.4) is 0 Å². The van der Waals surface area contributed by atoms with E-state index in [1.54, 1.807) is 6.20 Å². The van der Waals surface area contributed by atoms with Crippen molar-refractivity contribution in [1.29, 1.82) is 0 Å². The molecule has 0 radical (unpaired) electrons. The third-order valence-electron chi connectivity index (χ3n) is 13.4. The molecular weight excluding hydrogens is 829 g/mol. The van der Waals surface area contributed by atoms with E-state index in [0.29, 0.717) is 23.3 Å². The summed E-state index contributed by atoms with van der Waals surface area (Å²) in [5.41, 5.74) is 20.1. The molecule has 0 saturated heterocycles. The lowest BCUT2D eigenvalue weighted by atomic mass is 9.60. The molecule has 6 heteroatoms. The van der Waals surface area contributed by atoms with Crippen LogP contribution in [0.15, 0.2) is 231 Å². The van der Waals surface area contributed by atoms with Crippen LogP contribution in [0.25, 0.3) is 90.3 Å². The highest BCUT2D eigenvalue weighted by Gasteiger charge is 2.41. The summed E-state index contributed by atoms with van der Waals surface area (Å²) in [5, 5.41) is 0. The average Bonchev–Trinajstić information content (AvgIpc) is 3.43. The summed E-state index contributed by atoms with van der Waals surface area (Å²) in [6.45, 7) is 0. The van der Waals surface area contributed by atoms with Crippen LogP contribution in [-0.2, 0) is 0 Å². The Balaban J connectivity index is 0.889. The highest BCUT2D eigenvalue weighted by Crippen LogP contribution is 2.56. The lowest BCUT2D eigenvalue weighted by molar-refractivity contribution is 0.755. The van der Waals surface area contributed by atoms with Gasteiger partial charge in [-0.3, -0.25) is 4.98 Å². The second-order valence-corrected chi connectivity index (χ2v) is 17.5. The fourth-order valence-corrected chi connectivity index (χ4v) is 10.2. The zero-order chi connectivity index (χ0) is 45.0. The molecule has 8 aromatic carbocycles. The predicted octanol–water partition coefficient (Wildman–Crippen LogP) is 14.4. The summed E-state index contributed by atoms with van der Waals surface area (Å²) in [6.07, 6.45) is 3.70. The summed E-state index contributed by atoms with van der Waals surface area (Å²) >= 11 is 0. The van der Waals surface area contributed by atoms with E-state index < -0.39 is 0 Å². The van der Waals surface area contributed by atoms with Gasteiger partial charge in [0.1, 0.15) is 0 Å². The van der Waals surface area contributed by atoms with Gasteiger partial charge in [-0.15, -0.1) is 0 Å². The molecule has 3 aliphatic carbocycles. The third-order valence-corrected chi connectivity index (χ3v) is 13.4. The van der Waals surface area contributed by atoms with Gasteiger partial charge >= 0.3 is 0 Å². The second-order valence-electron chi connectivity index (χ2n) is 17.5. The molecule has 0 amide bonds. The van der Waals surface area contributed by atoms with Crippen molar-refractivity contribution in [3.05, 3.63) is 264 Å². The summed E-state index contributed by atoms with van der Waals surface area (Å²) in [5.74, 6) is 2.81. The van der Waals surface area contributed by atoms with Gasteiger partial charge in [0, 0.05) is 63.2 Å². The van der Waals surface area contributed by atoms with E-state index in [4.69, 9.17) is 24.9 Å². The van der Waals surface area contributed by atoms with Crippen molar-refractivity contribution in [2.75, 3.05) is 0 Å². The standard InChI is InChI=1S/C62H40N6/c1-4-15-39(16-5-1)59-64-55(37-56(65-59)46-24-13-22-43(34-46)48-25-14-32-63-38-48)45-23-12-21-42(33-45)44-28-30-51-53(35-44)57-49-26-10-11-27-50(49)58(51)54-36-47(29-31-52(54)57)62-67-60(40-17-6-2-7-18-40)66-61(68-62)41-19-8-3-9-20-41/h1-38,57-58H. The van der Waals surface area contributed by atoms with Crippen LogP contribution in [0.2, 0.25) is 0 Å². The first kappa shape index (κ1) is 39.4. The number of pyridine rings is 1. The maximum absolute atomic E-state index is 5.20. The topological polar surface area (TPSA) is 77.3 Å². The summed E-state index contributed by atoms with van der Waals surface area (Å²) in [4.78, 5) is 29.9. The SMILES string of the molecule is c1ccc(-c2nc(-c3cccc(-c4cccnc4)c3)cc(-c3cccc(-c4ccc5c(c4)C4c6ccccc6C5c5cc(-c6nc(-c7ccccc7)nc(-c7ccccc7)n6)ccc54)c3)n2)cc1. The molecule has 2 unspecified atom stereocenters. The van der Waals surface area contributed by atoms with Gasteiger partial charge < -0.3 is 0 Å². The van der Waals surface area contributed by atoms with Crippen molar-refractivity contribution in [2.24, 2.45) is 0 Å². The van der Waals surface area contributed by atoms with E-state index in [0.717, 1.165) is 61.5 Å². The molecule has 3 aliphatic rings. The summed E-state index contributed by atoms with van der Waals surface area (Å²) in [7, 11) is 0. The second kappa shape index (κ2) is 16.5. The maximum atomic E-state index is 5.20. The molecule has 0 saturated carbocycles. The molecule has 68 heavy (non-hydrogen) atoms. The Hall–Kier alpha value is -9.00. The zero-order valence-corrected chi connectivity index (χ0v) is 36.8. The van der Waals surface area contributed by atoms with Crippen LogP contribution in [-0.4, -0.2) is 29.9 Å². The summed E-state index contributed by atoms with van der Waals surface area (Å²) < 4.78 is 0. The Morgan fingerprint density at radius 1 is 0.235 bits per heavy atom. The van der Waals surface area contributed by atoms with Gasteiger partial charge in [-0.2, -0.15) is 0 Å². The van der Waals surface area contributed by atoms with Crippen molar-refractivity contribution in [3.63, 3.8) is 0 Å². The van der Waals surface area contributed by atoms with Crippen molar-refractivity contribution >= 4 is 0 Å². The Morgan fingerprint density at radius 2 is 0.618 bits per heavy atom. The van der Waals surface area contributed by atoms with Gasteiger partial charge in [-0.1, -0.05) is 182 Å². The quantitative estimate of drug-likeness (QED) is 0.151. The molecule has 0 spiro atoms. The zero-order valence-electron chi connectivity index (χ0n) is 36.8. The largest absolute Gasteiger partial charge is 0.264 e. The van der Waals surface area contributed by atoms with Crippen LogP contribution in [0.1, 0.15) is 45.2 Å². The molecule has 14 rings (SSSR count). The van der Waals surface area contributed by atoms with E-state index in [-0.39, 0.29) is 11.8 Å². The van der Waals surface area contributed by atoms with Gasteiger partial charge in [0.25, 0.3) is 0 Å². The van der Waals surface area contributed by atoms with Crippen LogP contribution >= 0.6 is 0 Å². The fraction of sp³-hybridized carbons (Fsp3) is 0.0323. The molecule has 0 N–H and O–H groups in total. The fourth-order valence-electron chi connectivity index (χ4n) is 10.2. The number of aromatic nitrogens is 6. The van der Waals surface area contributed by atoms with E-state index in [1.165, 1.54) is 38.9 Å². The first-order valence-electron chi connectivity index (χ1n) is 23.0. The average molecular weight is 869 g/mol. The van der Waals surface area contributed by atoms with Gasteiger partial charge in [-0.05, 0) is 86.5 Å². The van der Waals surface area contributed by atoms with Gasteiger partial charge in [-0.25, -0.2) is 24.9 Å². The minimum atomic E-state index is 0.0677. The smallest absolute Gasteiger partial charge is 0.164 e. The van der Waals surface area contributed by atoms with E-state index in [9.17, 15) is 0 Å². The molecule has 6 nitrogen and oxygen atoms in total. The number of hydrogen-bond donors (Lipinski definition) is 0. The first-order valence-corrected chi connectivity index (χ1v) is 23.0. The predicted molar refractivity (Wildman–Crippen MR) is 271 cm³/mol. The van der Waals surface area contributed by atoms with Gasteiger partial charge in [0.2, 0.25) is 0 Å². The van der Waals surface area contributed by atoms with Crippen LogP contribution in [0, 0.1) is 0 Å². The monoisotopic (exact) mass is 868 g/mol. The van der Waals surface area contributed by atoms with Crippen LogP contribution in [0.5, 0.6) is 0 Å². The van der Waals surface area contributed by atoms with E-state index in [1.807, 2.05) is 66.9 Å². The minimum absolute atomic E-state index is 0.0677. The Morgan fingerprint density at radius 3 is 1.13 bits per heavy atom. The molecular formula is C62H40N6. The highest BCUT2D eigenvalue weighted by atomic mass is 15.0. The minimum Gasteiger partial charge on any atom is -0.264 e. The van der Waals surface area contributed by atoms with E-state index >= 15 is 0 Å². The van der Waals surface area contributed by atoms with Gasteiger partial charge in [0.15, 0.2) is 23.3 Å². The van der Waals surface area contributed by atoms with Gasteiger partial charge in [0.05, 0.1) is 11.4 Å². The molecule has 318 valence electrons. The van der Waals surface area contributed by atoms with E-state index in [2.05, 4.69) is 163 Å². The van der Waals surface area contributed by atoms with Crippen molar-refractivity contribution in [1.82, 2.24) is 29.9 Å². The summed E-state index contributed by atoms with van der Waals surface area (Å²) in [6, 6.07) is 76.9. The lowest BCUT2D eigenvalue weighted by Gasteiger charge is -2.42. The number of benzene rings is 8. The normalized spacial score (nSPS) is 14.2.